The lowest BCUT2D eigenvalue weighted by Crippen LogP contribution is -2.18. The van der Waals surface area contributed by atoms with Crippen molar-refractivity contribution in [2.75, 3.05) is 7.11 Å². The van der Waals surface area contributed by atoms with Crippen molar-refractivity contribution in [3.63, 3.8) is 0 Å². The summed E-state index contributed by atoms with van der Waals surface area (Å²) in [6.45, 7) is 0. The zero-order chi connectivity index (χ0) is 18.8. The summed E-state index contributed by atoms with van der Waals surface area (Å²) >= 11 is 3.42. The molecular formula is C19H14BrF2NO3. The van der Waals surface area contributed by atoms with E-state index in [-0.39, 0.29) is 12.0 Å². The van der Waals surface area contributed by atoms with Crippen LogP contribution in [0.5, 0.6) is 0 Å². The van der Waals surface area contributed by atoms with Gasteiger partial charge in [-0.05, 0) is 39.7 Å². The van der Waals surface area contributed by atoms with Gasteiger partial charge in [0.05, 0.1) is 24.1 Å². The van der Waals surface area contributed by atoms with E-state index < -0.39 is 29.3 Å². The molecule has 1 heterocycles. The summed E-state index contributed by atoms with van der Waals surface area (Å²) < 4.78 is 32.6. The first-order valence-corrected chi connectivity index (χ1v) is 8.53. The van der Waals surface area contributed by atoms with Crippen molar-refractivity contribution >= 4 is 38.6 Å². The van der Waals surface area contributed by atoms with E-state index in [1.165, 1.54) is 7.11 Å². The average Bonchev–Trinajstić information content (AvgIpc) is 3.04. The van der Waals surface area contributed by atoms with Gasteiger partial charge in [-0.25, -0.2) is 8.78 Å². The Balaban J connectivity index is 2.00. The topological polar surface area (TPSA) is 59.2 Å². The van der Waals surface area contributed by atoms with E-state index in [0.717, 1.165) is 27.5 Å². The van der Waals surface area contributed by atoms with Crippen LogP contribution in [0.25, 0.3) is 10.9 Å². The van der Waals surface area contributed by atoms with E-state index in [1.54, 1.807) is 12.3 Å². The fourth-order valence-corrected chi connectivity index (χ4v) is 3.38. The molecule has 2 aromatic carbocycles. The molecule has 1 N–H and O–H groups in total. The Hall–Kier alpha value is -2.54. The molecule has 7 heteroatoms. The van der Waals surface area contributed by atoms with E-state index in [2.05, 4.69) is 20.9 Å². The third-order valence-electron chi connectivity index (χ3n) is 4.18. The lowest BCUT2D eigenvalue weighted by Gasteiger charge is -2.14. The van der Waals surface area contributed by atoms with Crippen LogP contribution < -0.4 is 0 Å². The number of hydrogen-bond acceptors (Lipinski definition) is 3. The Labute approximate surface area is 156 Å². The zero-order valence-corrected chi connectivity index (χ0v) is 15.3. The number of Topliss-reactive ketones (excluding diaryl/α,β-unsaturated/α-hetero) is 1. The normalized spacial score (nSPS) is 12.2. The van der Waals surface area contributed by atoms with Gasteiger partial charge in [0, 0.05) is 28.5 Å². The van der Waals surface area contributed by atoms with Crippen LogP contribution in [0.2, 0.25) is 0 Å². The van der Waals surface area contributed by atoms with Crippen LogP contribution in [-0.2, 0) is 9.53 Å². The van der Waals surface area contributed by atoms with Gasteiger partial charge in [0.2, 0.25) is 0 Å². The molecule has 1 atom stereocenters. The van der Waals surface area contributed by atoms with Gasteiger partial charge in [0.1, 0.15) is 11.6 Å². The third kappa shape index (κ3) is 3.39. The van der Waals surface area contributed by atoms with E-state index >= 15 is 0 Å². The number of aromatic nitrogens is 1. The van der Waals surface area contributed by atoms with E-state index in [9.17, 15) is 18.4 Å². The van der Waals surface area contributed by atoms with Crippen LogP contribution in [-0.4, -0.2) is 23.8 Å². The summed E-state index contributed by atoms with van der Waals surface area (Å²) in [6.07, 6.45) is 1.33. The van der Waals surface area contributed by atoms with Crippen LogP contribution in [0, 0.1) is 11.6 Å². The Morgan fingerprint density at radius 2 is 2.00 bits per heavy atom. The number of carbonyl (C=O) groups is 2. The van der Waals surface area contributed by atoms with Crippen LogP contribution in [0.4, 0.5) is 8.78 Å². The van der Waals surface area contributed by atoms with E-state index in [4.69, 9.17) is 4.74 Å². The van der Waals surface area contributed by atoms with Crippen molar-refractivity contribution in [2.24, 2.45) is 0 Å². The number of aromatic amines is 1. The minimum atomic E-state index is -0.958. The number of ether oxygens (including phenoxy) is 1. The number of para-hydroxylation sites is 1. The van der Waals surface area contributed by atoms with Crippen LogP contribution in [0.1, 0.15) is 28.3 Å². The molecule has 3 aromatic rings. The number of hydrogen-bond donors (Lipinski definition) is 1. The monoisotopic (exact) mass is 421 g/mol. The number of carbonyl (C=O) groups excluding carboxylic acids is 2. The molecule has 0 saturated carbocycles. The standard InChI is InChI=1S/C19H14BrF2NO3/c1-26-19(25)13(8-17(24)12-6-5-10(21)7-16(12)22)14-9-23-18-11(14)3-2-4-15(18)20/h2-7,9,13,23H,8H2,1H3. The molecule has 4 nitrogen and oxygen atoms in total. The maximum atomic E-state index is 13.9. The number of fused-ring (bicyclic) bond motifs is 1. The summed E-state index contributed by atoms with van der Waals surface area (Å²) in [5.74, 6) is -3.87. The van der Waals surface area contributed by atoms with E-state index in [1.807, 2.05) is 12.1 Å². The first-order chi connectivity index (χ1) is 12.4. The summed E-state index contributed by atoms with van der Waals surface area (Å²) in [6, 6.07) is 8.18. The molecule has 26 heavy (non-hydrogen) atoms. The van der Waals surface area contributed by atoms with Gasteiger partial charge in [0.15, 0.2) is 5.78 Å². The van der Waals surface area contributed by atoms with Gasteiger partial charge in [-0.15, -0.1) is 0 Å². The number of nitrogens with one attached hydrogen (secondary N) is 1. The predicted molar refractivity (Wildman–Crippen MR) is 96.1 cm³/mol. The summed E-state index contributed by atoms with van der Waals surface area (Å²) in [7, 11) is 1.23. The zero-order valence-electron chi connectivity index (χ0n) is 13.7. The van der Waals surface area contributed by atoms with Gasteiger partial charge >= 0.3 is 5.97 Å². The largest absolute Gasteiger partial charge is 0.469 e. The van der Waals surface area contributed by atoms with Crippen molar-refractivity contribution in [1.29, 1.82) is 0 Å². The second-order valence-corrected chi connectivity index (χ2v) is 6.59. The van der Waals surface area contributed by atoms with Crippen molar-refractivity contribution in [1.82, 2.24) is 4.98 Å². The fourth-order valence-electron chi connectivity index (χ4n) is 2.90. The molecule has 0 saturated heterocycles. The molecule has 0 amide bonds. The molecular weight excluding hydrogens is 408 g/mol. The highest BCUT2D eigenvalue weighted by Crippen LogP contribution is 2.33. The molecule has 0 aliphatic heterocycles. The Morgan fingerprint density at radius 1 is 1.23 bits per heavy atom. The maximum Gasteiger partial charge on any atom is 0.313 e. The minimum Gasteiger partial charge on any atom is -0.469 e. The Morgan fingerprint density at radius 3 is 2.69 bits per heavy atom. The highest BCUT2D eigenvalue weighted by atomic mass is 79.9. The molecule has 0 aliphatic carbocycles. The maximum absolute atomic E-state index is 13.9. The molecule has 0 radical (unpaired) electrons. The van der Waals surface area contributed by atoms with Crippen LogP contribution >= 0.6 is 15.9 Å². The number of halogens is 3. The average molecular weight is 422 g/mol. The number of ketones is 1. The molecule has 1 aromatic heterocycles. The third-order valence-corrected chi connectivity index (χ3v) is 4.84. The highest BCUT2D eigenvalue weighted by molar-refractivity contribution is 9.10. The molecule has 0 bridgehead atoms. The molecule has 3 rings (SSSR count). The van der Waals surface area contributed by atoms with Crippen molar-refractivity contribution in [2.45, 2.75) is 12.3 Å². The van der Waals surface area contributed by atoms with E-state index in [0.29, 0.717) is 11.6 Å². The molecule has 0 spiro atoms. The van der Waals surface area contributed by atoms with Gasteiger partial charge in [-0.3, -0.25) is 9.59 Å². The quantitative estimate of drug-likeness (QED) is 0.478. The van der Waals surface area contributed by atoms with Gasteiger partial charge in [0.25, 0.3) is 0 Å². The first kappa shape index (κ1) is 18.3. The van der Waals surface area contributed by atoms with Crippen molar-refractivity contribution < 1.29 is 23.1 Å². The van der Waals surface area contributed by atoms with Gasteiger partial charge in [-0.2, -0.15) is 0 Å². The minimum absolute atomic E-state index is 0.263. The molecule has 134 valence electrons. The number of methoxy groups -OCH3 is 1. The Bertz CT molecular complexity index is 1000. The molecule has 0 aliphatic rings. The van der Waals surface area contributed by atoms with Crippen LogP contribution in [0.15, 0.2) is 47.1 Å². The number of H-pyrrole nitrogens is 1. The smallest absolute Gasteiger partial charge is 0.313 e. The van der Waals surface area contributed by atoms with Crippen molar-refractivity contribution in [3.8, 4) is 0 Å². The molecule has 0 fully saturated rings. The summed E-state index contributed by atoms with van der Waals surface area (Å²) in [4.78, 5) is 27.9. The SMILES string of the molecule is COC(=O)C(CC(=O)c1ccc(F)cc1F)c1c[nH]c2c(Br)cccc12. The van der Waals surface area contributed by atoms with Gasteiger partial charge in [-0.1, -0.05) is 12.1 Å². The summed E-state index contributed by atoms with van der Waals surface area (Å²) in [5.41, 5.74) is 1.09. The second kappa shape index (κ2) is 7.37. The van der Waals surface area contributed by atoms with Gasteiger partial charge < -0.3 is 9.72 Å². The van der Waals surface area contributed by atoms with Crippen molar-refractivity contribution in [3.05, 3.63) is 69.8 Å². The first-order valence-electron chi connectivity index (χ1n) is 7.74. The number of rotatable bonds is 5. The summed E-state index contributed by atoms with van der Waals surface area (Å²) in [5, 5.41) is 0.752. The fraction of sp³-hybridized carbons (Fsp3) is 0.158. The predicted octanol–water partition coefficient (Wildman–Crippen LogP) is 4.74. The Kier molecular flexibility index (Phi) is 5.18. The molecule has 1 unspecified atom stereocenters. The number of esters is 1. The lowest BCUT2D eigenvalue weighted by atomic mass is 9.91. The lowest BCUT2D eigenvalue weighted by molar-refractivity contribution is -0.142. The van der Waals surface area contributed by atoms with Crippen LogP contribution in [0.3, 0.4) is 0 Å². The number of benzene rings is 2. The second-order valence-electron chi connectivity index (χ2n) is 5.73. The highest BCUT2D eigenvalue weighted by Gasteiger charge is 2.29.